The summed E-state index contributed by atoms with van der Waals surface area (Å²) in [5, 5.41) is 0.705. The van der Waals surface area contributed by atoms with Gasteiger partial charge in [0, 0.05) is 20.9 Å². The summed E-state index contributed by atoms with van der Waals surface area (Å²) < 4.78 is 4.96. The minimum atomic E-state index is -0.380. The Morgan fingerprint density at radius 1 is 1.22 bits per heavy atom. The summed E-state index contributed by atoms with van der Waals surface area (Å²) in [5.74, 6) is -0.277. The van der Waals surface area contributed by atoms with Crippen molar-refractivity contribution in [2.24, 2.45) is 5.73 Å². The van der Waals surface area contributed by atoms with E-state index in [1.54, 1.807) is 18.7 Å². The normalized spacial score (nSPS) is 11.4. The molecule has 3 nitrogen and oxygen atoms in total. The van der Waals surface area contributed by atoms with E-state index in [1.807, 2.05) is 48.5 Å². The maximum absolute atomic E-state index is 11.6. The summed E-state index contributed by atoms with van der Waals surface area (Å²) in [6.07, 6.45) is 0.173. The summed E-state index contributed by atoms with van der Waals surface area (Å²) in [5.41, 5.74) is 7.11. The molecule has 2 rings (SSSR count). The Morgan fingerprint density at radius 2 is 1.87 bits per heavy atom. The van der Waals surface area contributed by atoms with Gasteiger partial charge in [-0.15, -0.1) is 12.4 Å². The first-order valence-electron chi connectivity index (χ1n) is 7.03. The van der Waals surface area contributed by atoms with Crippen molar-refractivity contribution in [1.82, 2.24) is 0 Å². The Hall–Kier alpha value is -1.20. The number of hydrogen-bond donors (Lipinski definition) is 1. The number of halogens is 2. The summed E-state index contributed by atoms with van der Waals surface area (Å²) >= 11 is 7.50. The third-order valence-corrected chi connectivity index (χ3v) is 4.40. The molecule has 0 fully saturated rings. The molecule has 0 saturated heterocycles. The molecule has 0 amide bonds. The molecule has 0 aliphatic carbocycles. The zero-order chi connectivity index (χ0) is 15.9. The summed E-state index contributed by atoms with van der Waals surface area (Å²) in [6.45, 7) is 2.15. The predicted molar refractivity (Wildman–Crippen MR) is 97.4 cm³/mol. The van der Waals surface area contributed by atoms with Gasteiger partial charge in [0.05, 0.1) is 13.0 Å². The molecule has 0 aliphatic rings. The van der Waals surface area contributed by atoms with Gasteiger partial charge in [-0.2, -0.15) is 0 Å². The number of nitrogens with two attached hydrogens (primary N) is 1. The fourth-order valence-electron chi connectivity index (χ4n) is 2.02. The fourth-order valence-corrected chi connectivity index (χ4v) is 3.15. The van der Waals surface area contributed by atoms with Gasteiger partial charge in [-0.3, -0.25) is 4.79 Å². The zero-order valence-electron chi connectivity index (χ0n) is 12.7. The molecule has 124 valence electrons. The second kappa shape index (κ2) is 9.83. The lowest BCUT2D eigenvalue weighted by molar-refractivity contribution is -0.143. The van der Waals surface area contributed by atoms with Crippen LogP contribution in [0.25, 0.3) is 0 Å². The molecule has 23 heavy (non-hydrogen) atoms. The van der Waals surface area contributed by atoms with Crippen LogP contribution >= 0.6 is 35.8 Å². The van der Waals surface area contributed by atoms with E-state index in [0.717, 1.165) is 15.4 Å². The molecule has 0 aromatic heterocycles. The fraction of sp³-hybridized carbons (Fsp3) is 0.235. The minimum absolute atomic E-state index is 0. The maximum Gasteiger partial charge on any atom is 0.307 e. The molecule has 6 heteroatoms. The quantitative estimate of drug-likeness (QED) is 0.736. The Bertz CT molecular complexity index is 635. The van der Waals surface area contributed by atoms with Crippen molar-refractivity contribution in [3.8, 4) is 0 Å². The molecule has 1 atom stereocenters. The van der Waals surface area contributed by atoms with Gasteiger partial charge in [0.25, 0.3) is 0 Å². The standard InChI is InChI=1S/C17H18ClNO2S.ClH/c1-2-21-17(20)11-15(19)14-5-3-4-6-16(14)22-13-9-7-12(18)8-10-13;/h3-10,15H,2,11,19H2,1H3;1H/t15-;/m1./s1. The second-order valence-corrected chi connectivity index (χ2v) is 6.26. The molecule has 0 saturated carbocycles. The number of esters is 1. The minimum Gasteiger partial charge on any atom is -0.466 e. The number of ether oxygens (including phenoxy) is 1. The van der Waals surface area contributed by atoms with Crippen molar-refractivity contribution < 1.29 is 9.53 Å². The summed E-state index contributed by atoms with van der Waals surface area (Å²) in [6, 6.07) is 15.1. The van der Waals surface area contributed by atoms with Gasteiger partial charge < -0.3 is 10.5 Å². The highest BCUT2D eigenvalue weighted by Gasteiger charge is 2.16. The van der Waals surface area contributed by atoms with Gasteiger partial charge in [0.1, 0.15) is 0 Å². The van der Waals surface area contributed by atoms with Crippen LogP contribution in [0.5, 0.6) is 0 Å². The highest BCUT2D eigenvalue weighted by molar-refractivity contribution is 7.99. The van der Waals surface area contributed by atoms with Gasteiger partial charge in [-0.25, -0.2) is 0 Å². The van der Waals surface area contributed by atoms with Crippen LogP contribution in [0.1, 0.15) is 24.9 Å². The molecule has 0 radical (unpaired) electrons. The van der Waals surface area contributed by atoms with E-state index < -0.39 is 0 Å². The largest absolute Gasteiger partial charge is 0.466 e. The van der Waals surface area contributed by atoms with Crippen molar-refractivity contribution in [2.45, 2.75) is 29.2 Å². The Morgan fingerprint density at radius 3 is 2.52 bits per heavy atom. The molecule has 0 spiro atoms. The topological polar surface area (TPSA) is 52.3 Å². The smallest absolute Gasteiger partial charge is 0.307 e. The van der Waals surface area contributed by atoms with Crippen LogP contribution in [-0.4, -0.2) is 12.6 Å². The van der Waals surface area contributed by atoms with Gasteiger partial charge in [-0.1, -0.05) is 41.6 Å². The van der Waals surface area contributed by atoms with Gasteiger partial charge in [0.2, 0.25) is 0 Å². The van der Waals surface area contributed by atoms with E-state index in [2.05, 4.69) is 0 Å². The van der Waals surface area contributed by atoms with Crippen molar-refractivity contribution in [1.29, 1.82) is 0 Å². The van der Waals surface area contributed by atoms with Crippen LogP contribution in [0.3, 0.4) is 0 Å². The van der Waals surface area contributed by atoms with E-state index in [9.17, 15) is 4.79 Å². The van der Waals surface area contributed by atoms with Gasteiger partial charge in [-0.05, 0) is 42.8 Å². The van der Waals surface area contributed by atoms with Crippen LogP contribution in [0.2, 0.25) is 5.02 Å². The molecular formula is C17H19Cl2NO2S. The lowest BCUT2D eigenvalue weighted by Gasteiger charge is -2.15. The van der Waals surface area contributed by atoms with E-state index in [0.29, 0.717) is 11.6 Å². The number of hydrogen-bond acceptors (Lipinski definition) is 4. The van der Waals surface area contributed by atoms with E-state index >= 15 is 0 Å². The van der Waals surface area contributed by atoms with E-state index in [4.69, 9.17) is 22.1 Å². The lowest BCUT2D eigenvalue weighted by atomic mass is 10.1. The number of rotatable bonds is 6. The monoisotopic (exact) mass is 371 g/mol. The van der Waals surface area contributed by atoms with E-state index in [1.165, 1.54) is 0 Å². The third kappa shape index (κ3) is 6.07. The molecule has 0 bridgehead atoms. The van der Waals surface area contributed by atoms with Gasteiger partial charge >= 0.3 is 5.97 Å². The molecule has 2 aromatic carbocycles. The van der Waals surface area contributed by atoms with E-state index in [-0.39, 0.29) is 30.8 Å². The SMILES string of the molecule is CCOC(=O)C[C@@H](N)c1ccccc1Sc1ccc(Cl)cc1.Cl. The first-order chi connectivity index (χ1) is 10.6. The lowest BCUT2D eigenvalue weighted by Crippen LogP contribution is -2.17. The highest BCUT2D eigenvalue weighted by atomic mass is 35.5. The third-order valence-electron chi connectivity index (χ3n) is 3.05. The van der Waals surface area contributed by atoms with Crippen molar-refractivity contribution in [2.75, 3.05) is 6.61 Å². The summed E-state index contributed by atoms with van der Waals surface area (Å²) in [7, 11) is 0. The van der Waals surface area contributed by atoms with Crippen LogP contribution in [0.15, 0.2) is 58.3 Å². The van der Waals surface area contributed by atoms with Crippen LogP contribution in [0.4, 0.5) is 0 Å². The van der Waals surface area contributed by atoms with Crippen molar-refractivity contribution in [3.63, 3.8) is 0 Å². The zero-order valence-corrected chi connectivity index (χ0v) is 15.1. The average Bonchev–Trinajstić information content (AvgIpc) is 2.50. The number of carbonyl (C=O) groups excluding carboxylic acids is 1. The highest BCUT2D eigenvalue weighted by Crippen LogP contribution is 2.34. The Kier molecular flexibility index (Phi) is 8.48. The summed E-state index contributed by atoms with van der Waals surface area (Å²) in [4.78, 5) is 13.7. The average molecular weight is 372 g/mol. The Balaban J connectivity index is 0.00000264. The maximum atomic E-state index is 11.6. The predicted octanol–water partition coefficient (Wildman–Crippen LogP) is 4.87. The molecule has 0 unspecified atom stereocenters. The second-order valence-electron chi connectivity index (χ2n) is 4.71. The number of carbonyl (C=O) groups is 1. The molecule has 0 heterocycles. The first kappa shape index (κ1) is 19.8. The Labute approximate surface area is 152 Å². The molecule has 2 aromatic rings. The van der Waals surface area contributed by atoms with Crippen LogP contribution < -0.4 is 5.73 Å². The van der Waals surface area contributed by atoms with Crippen molar-refractivity contribution >= 4 is 41.7 Å². The van der Waals surface area contributed by atoms with Gasteiger partial charge in [0.15, 0.2) is 0 Å². The van der Waals surface area contributed by atoms with Crippen molar-refractivity contribution in [3.05, 3.63) is 59.1 Å². The van der Waals surface area contributed by atoms with Crippen LogP contribution in [-0.2, 0) is 9.53 Å². The first-order valence-corrected chi connectivity index (χ1v) is 8.23. The van der Waals surface area contributed by atoms with Crippen LogP contribution in [0, 0.1) is 0 Å². The molecular weight excluding hydrogens is 353 g/mol. The molecule has 2 N–H and O–H groups in total. The molecule has 0 aliphatic heterocycles. The number of benzene rings is 2.